The van der Waals surface area contributed by atoms with Crippen molar-refractivity contribution < 1.29 is 14.7 Å². The van der Waals surface area contributed by atoms with Crippen LogP contribution < -0.4 is 5.73 Å². The highest BCUT2D eigenvalue weighted by molar-refractivity contribution is 5.79. The van der Waals surface area contributed by atoms with Crippen LogP contribution in [-0.2, 0) is 16.6 Å². The molecule has 5 heteroatoms. The molecule has 3 aromatic rings. The fraction of sp³-hybridized carbons (Fsp3) is 0.310. The number of benzene rings is 3. The summed E-state index contributed by atoms with van der Waals surface area (Å²) in [5, 5.41) is 10.2. The van der Waals surface area contributed by atoms with Gasteiger partial charge in [0.15, 0.2) is 0 Å². The van der Waals surface area contributed by atoms with Gasteiger partial charge in [0.25, 0.3) is 0 Å². The van der Waals surface area contributed by atoms with E-state index < -0.39 is 18.0 Å². The maximum Gasteiger partial charge on any atom is 0.407 e. The van der Waals surface area contributed by atoms with Crippen LogP contribution in [0.2, 0.25) is 0 Å². The molecule has 0 bridgehead atoms. The largest absolute Gasteiger partial charge is 0.465 e. The average Bonchev–Trinajstić information content (AvgIpc) is 3.10. The number of carbonyl (C=O) groups excluding carboxylic acids is 1. The third-order valence-corrected chi connectivity index (χ3v) is 6.76. The van der Waals surface area contributed by atoms with Gasteiger partial charge in [-0.3, -0.25) is 4.79 Å². The number of nitrogens with zero attached hydrogens (tertiary/aromatic N) is 1. The molecule has 3 N–H and O–H groups in total. The molecule has 0 radical (unpaired) electrons. The van der Waals surface area contributed by atoms with Gasteiger partial charge in [0.05, 0.1) is 0 Å². The number of hydrogen-bond donors (Lipinski definition) is 2. The molecule has 1 aliphatic carbocycles. The number of carbonyl (C=O) groups is 2. The molecule has 1 atom stereocenters. The monoisotopic (exact) mass is 456 g/mol. The minimum absolute atomic E-state index is 0.0245. The zero-order valence-corrected chi connectivity index (χ0v) is 20.0. The lowest BCUT2D eigenvalue weighted by Crippen LogP contribution is -2.45. The Morgan fingerprint density at radius 3 is 1.91 bits per heavy atom. The third-order valence-electron chi connectivity index (χ3n) is 6.76. The summed E-state index contributed by atoms with van der Waals surface area (Å²) in [5.74, 6) is -0.600. The zero-order valence-electron chi connectivity index (χ0n) is 20.0. The molecule has 0 heterocycles. The summed E-state index contributed by atoms with van der Waals surface area (Å²) < 4.78 is 0. The van der Waals surface area contributed by atoms with E-state index in [4.69, 9.17) is 5.73 Å². The predicted octanol–water partition coefficient (Wildman–Crippen LogP) is 5.56. The van der Waals surface area contributed by atoms with Gasteiger partial charge in [0, 0.05) is 24.9 Å². The lowest BCUT2D eigenvalue weighted by molar-refractivity contribution is -0.119. The van der Waals surface area contributed by atoms with Crippen LogP contribution in [0.3, 0.4) is 0 Å². The summed E-state index contributed by atoms with van der Waals surface area (Å²) >= 11 is 0. The van der Waals surface area contributed by atoms with Crippen LogP contribution in [0.5, 0.6) is 0 Å². The van der Waals surface area contributed by atoms with Gasteiger partial charge >= 0.3 is 6.09 Å². The second-order valence-electron chi connectivity index (χ2n) is 10.1. The summed E-state index contributed by atoms with van der Waals surface area (Å²) in [6.45, 7) is 6.73. The van der Waals surface area contributed by atoms with Crippen LogP contribution in [0, 0.1) is 0 Å². The summed E-state index contributed by atoms with van der Waals surface area (Å²) in [5.41, 5.74) is 12.3. The molecule has 34 heavy (non-hydrogen) atoms. The lowest BCUT2D eigenvalue weighted by Gasteiger charge is -2.32. The van der Waals surface area contributed by atoms with Crippen molar-refractivity contribution in [3.63, 3.8) is 0 Å². The molecule has 4 rings (SSSR count). The summed E-state index contributed by atoms with van der Waals surface area (Å²) in [6, 6.07) is 23.9. The lowest BCUT2D eigenvalue weighted by atomic mass is 9.86. The van der Waals surface area contributed by atoms with Crippen LogP contribution in [0.1, 0.15) is 55.4 Å². The normalized spacial score (nSPS) is 13.7. The van der Waals surface area contributed by atoms with Crippen molar-refractivity contribution in [2.75, 3.05) is 6.54 Å². The van der Waals surface area contributed by atoms with Gasteiger partial charge in [-0.15, -0.1) is 0 Å². The summed E-state index contributed by atoms with van der Waals surface area (Å²) in [4.78, 5) is 25.8. The summed E-state index contributed by atoms with van der Waals surface area (Å²) in [7, 11) is 0. The van der Waals surface area contributed by atoms with E-state index in [1.165, 1.54) is 10.5 Å². The molecule has 3 aromatic carbocycles. The summed E-state index contributed by atoms with van der Waals surface area (Å²) in [6.07, 6.45) is -0.640. The number of carboxylic acid groups (broad SMARTS) is 1. The number of primary amides is 1. The van der Waals surface area contributed by atoms with Gasteiger partial charge in [-0.25, -0.2) is 4.79 Å². The van der Waals surface area contributed by atoms with E-state index in [9.17, 15) is 14.7 Å². The first-order valence-electron chi connectivity index (χ1n) is 11.7. The average molecular weight is 457 g/mol. The number of nitrogens with two attached hydrogens (primary N) is 1. The van der Waals surface area contributed by atoms with Gasteiger partial charge in [-0.05, 0) is 45.2 Å². The maximum absolute atomic E-state index is 12.5. The predicted molar refractivity (Wildman–Crippen MR) is 135 cm³/mol. The van der Waals surface area contributed by atoms with Gasteiger partial charge in [-0.2, -0.15) is 0 Å². The van der Waals surface area contributed by atoms with E-state index in [0.29, 0.717) is 6.42 Å². The molecule has 5 nitrogen and oxygen atoms in total. The smallest absolute Gasteiger partial charge is 0.407 e. The van der Waals surface area contributed by atoms with Crippen LogP contribution in [0.15, 0.2) is 72.8 Å². The van der Waals surface area contributed by atoms with Crippen molar-refractivity contribution in [1.82, 2.24) is 4.90 Å². The molecule has 2 amide bonds. The van der Waals surface area contributed by atoms with Crippen LogP contribution in [0.25, 0.3) is 11.1 Å². The number of fused-ring (bicyclic) bond motifs is 3. The Morgan fingerprint density at radius 1 is 0.912 bits per heavy atom. The first-order chi connectivity index (χ1) is 16.1. The molecule has 176 valence electrons. The minimum atomic E-state index is -1.04. The van der Waals surface area contributed by atoms with Crippen molar-refractivity contribution in [1.29, 1.82) is 0 Å². The highest BCUT2D eigenvalue weighted by Gasteiger charge is 2.34. The molecule has 0 aromatic heterocycles. The molecule has 0 saturated heterocycles. The van der Waals surface area contributed by atoms with E-state index in [0.717, 1.165) is 27.8 Å². The maximum atomic E-state index is 12.5. The van der Waals surface area contributed by atoms with E-state index in [2.05, 4.69) is 57.2 Å². The molecule has 0 fully saturated rings. The van der Waals surface area contributed by atoms with Crippen molar-refractivity contribution in [2.24, 2.45) is 5.73 Å². The third kappa shape index (κ3) is 4.84. The second-order valence-corrected chi connectivity index (χ2v) is 10.1. The van der Waals surface area contributed by atoms with Crippen molar-refractivity contribution in [2.45, 2.75) is 51.0 Å². The van der Waals surface area contributed by atoms with Crippen LogP contribution in [-0.4, -0.2) is 34.6 Å². The van der Waals surface area contributed by atoms with Crippen LogP contribution in [0.4, 0.5) is 4.79 Å². The van der Waals surface area contributed by atoms with E-state index >= 15 is 0 Å². The Morgan fingerprint density at radius 2 is 1.44 bits per heavy atom. The Balaban J connectivity index is 1.65. The van der Waals surface area contributed by atoms with Gasteiger partial charge in [0.2, 0.25) is 5.91 Å². The SMILES string of the molecule is CC(C)(C)c1ccc(CC(CC(N)=O)N(CC2c3ccccc3-c3ccccc32)C(=O)O)cc1. The van der Waals surface area contributed by atoms with Gasteiger partial charge in [-0.1, -0.05) is 93.6 Å². The second kappa shape index (κ2) is 9.34. The zero-order chi connectivity index (χ0) is 24.5. The highest BCUT2D eigenvalue weighted by Crippen LogP contribution is 2.45. The molecular formula is C29H32N2O3. The van der Waals surface area contributed by atoms with E-state index in [1.807, 2.05) is 36.4 Å². The Bertz CT molecular complexity index is 1150. The molecule has 1 unspecified atom stereocenters. The Hall–Kier alpha value is -3.60. The number of rotatable bonds is 7. The van der Waals surface area contributed by atoms with Gasteiger partial charge in [0.1, 0.15) is 0 Å². The van der Waals surface area contributed by atoms with E-state index in [-0.39, 0.29) is 24.3 Å². The molecular weight excluding hydrogens is 424 g/mol. The molecule has 0 saturated carbocycles. The highest BCUT2D eigenvalue weighted by atomic mass is 16.4. The van der Waals surface area contributed by atoms with Crippen LogP contribution >= 0.6 is 0 Å². The Labute approximate surface area is 201 Å². The molecule has 0 spiro atoms. The fourth-order valence-electron chi connectivity index (χ4n) is 4.97. The topological polar surface area (TPSA) is 83.6 Å². The minimum Gasteiger partial charge on any atom is -0.465 e. The molecule has 1 aliphatic rings. The standard InChI is InChI=1S/C29H32N2O3/c1-29(2,3)20-14-12-19(13-15-20)16-21(17-27(30)32)31(28(33)34)18-26-24-10-6-4-8-22(24)23-9-5-7-11-25(23)26/h4-15,21,26H,16-18H2,1-3H3,(H2,30,32)(H,33,34). The quantitative estimate of drug-likeness (QED) is 0.488. The van der Waals surface area contributed by atoms with Crippen molar-refractivity contribution in [3.05, 3.63) is 95.1 Å². The Kier molecular flexibility index (Phi) is 6.47. The number of amides is 2. The molecule has 0 aliphatic heterocycles. The van der Waals surface area contributed by atoms with Crippen molar-refractivity contribution in [3.8, 4) is 11.1 Å². The number of hydrogen-bond acceptors (Lipinski definition) is 2. The van der Waals surface area contributed by atoms with Gasteiger partial charge < -0.3 is 15.7 Å². The van der Waals surface area contributed by atoms with Crippen molar-refractivity contribution >= 4 is 12.0 Å². The first kappa shape index (κ1) is 23.6. The fourth-order valence-corrected chi connectivity index (χ4v) is 4.97. The first-order valence-corrected chi connectivity index (χ1v) is 11.7. The van der Waals surface area contributed by atoms with E-state index in [1.54, 1.807) is 0 Å².